The number of Topliss-reactive ketones (excluding diaryl/α,β-unsaturated/α-hetero) is 1. The van der Waals surface area contributed by atoms with Crippen LogP contribution < -0.4 is 0 Å². The zero-order valence-electron chi connectivity index (χ0n) is 6.33. The lowest BCUT2D eigenvalue weighted by Crippen LogP contribution is -2.00. The van der Waals surface area contributed by atoms with Crippen molar-refractivity contribution in [1.82, 2.24) is 0 Å². The van der Waals surface area contributed by atoms with Gasteiger partial charge in [0, 0.05) is 4.88 Å². The van der Waals surface area contributed by atoms with Gasteiger partial charge in [-0.3, -0.25) is 4.79 Å². The standard InChI is InChI=1S/C8H10O2S/c1-2-6-3-4-8(11-6)7(10)5-9/h3-4,9H,2,5H2,1H3. The first-order chi connectivity index (χ1) is 5.27. The fourth-order valence-corrected chi connectivity index (χ4v) is 1.67. The highest BCUT2D eigenvalue weighted by atomic mass is 32.1. The van der Waals surface area contributed by atoms with Gasteiger partial charge < -0.3 is 5.11 Å². The molecule has 0 radical (unpaired) electrons. The van der Waals surface area contributed by atoms with E-state index >= 15 is 0 Å². The molecular weight excluding hydrogens is 160 g/mol. The Kier molecular flexibility index (Phi) is 2.79. The molecule has 0 amide bonds. The van der Waals surface area contributed by atoms with E-state index in [4.69, 9.17) is 5.11 Å². The highest BCUT2D eigenvalue weighted by Crippen LogP contribution is 2.16. The maximum absolute atomic E-state index is 10.9. The molecule has 11 heavy (non-hydrogen) atoms. The van der Waals surface area contributed by atoms with Crippen molar-refractivity contribution in [1.29, 1.82) is 0 Å². The number of aliphatic hydroxyl groups excluding tert-OH is 1. The quantitative estimate of drug-likeness (QED) is 0.698. The summed E-state index contributed by atoms with van der Waals surface area (Å²) in [6.07, 6.45) is 0.948. The molecule has 0 atom stereocenters. The number of rotatable bonds is 3. The van der Waals surface area contributed by atoms with Crippen molar-refractivity contribution in [2.24, 2.45) is 0 Å². The highest BCUT2D eigenvalue weighted by molar-refractivity contribution is 7.14. The molecule has 1 heterocycles. The third-order valence-corrected chi connectivity index (χ3v) is 2.70. The van der Waals surface area contributed by atoms with Gasteiger partial charge in [-0.1, -0.05) is 6.92 Å². The van der Waals surface area contributed by atoms with Crippen molar-refractivity contribution in [3.63, 3.8) is 0 Å². The average Bonchev–Trinajstić information content (AvgIpc) is 2.50. The zero-order valence-corrected chi connectivity index (χ0v) is 7.15. The molecular formula is C8H10O2S. The summed E-state index contributed by atoms with van der Waals surface area (Å²) in [5.74, 6) is -0.185. The van der Waals surface area contributed by atoms with Gasteiger partial charge in [0.1, 0.15) is 6.61 Å². The SMILES string of the molecule is CCc1ccc(C(=O)CO)s1. The Morgan fingerprint density at radius 3 is 2.82 bits per heavy atom. The lowest BCUT2D eigenvalue weighted by molar-refractivity contribution is 0.0908. The molecule has 1 N–H and O–H groups in total. The third kappa shape index (κ3) is 1.88. The zero-order chi connectivity index (χ0) is 8.27. The summed E-state index contributed by atoms with van der Waals surface area (Å²) in [6, 6.07) is 3.69. The van der Waals surface area contributed by atoms with E-state index < -0.39 is 0 Å². The summed E-state index contributed by atoms with van der Waals surface area (Å²) in [5, 5.41) is 8.53. The Hall–Kier alpha value is -0.670. The number of ketones is 1. The molecule has 0 bridgehead atoms. The molecule has 0 aliphatic heterocycles. The van der Waals surface area contributed by atoms with Crippen LogP contribution in [0, 0.1) is 0 Å². The minimum atomic E-state index is -0.385. The van der Waals surface area contributed by atoms with Gasteiger partial charge in [0.05, 0.1) is 4.88 Å². The van der Waals surface area contributed by atoms with Gasteiger partial charge in [0.25, 0.3) is 0 Å². The lowest BCUT2D eigenvalue weighted by atomic mass is 10.3. The van der Waals surface area contributed by atoms with Crippen LogP contribution in [0.3, 0.4) is 0 Å². The van der Waals surface area contributed by atoms with Crippen LogP contribution in [0.4, 0.5) is 0 Å². The van der Waals surface area contributed by atoms with Gasteiger partial charge in [-0.05, 0) is 18.6 Å². The molecule has 0 fully saturated rings. The minimum absolute atomic E-state index is 0.185. The van der Waals surface area contributed by atoms with Gasteiger partial charge in [0.2, 0.25) is 0 Å². The summed E-state index contributed by atoms with van der Waals surface area (Å²) in [6.45, 7) is 1.66. The summed E-state index contributed by atoms with van der Waals surface area (Å²) in [4.78, 5) is 12.7. The molecule has 0 aliphatic carbocycles. The molecule has 2 nitrogen and oxygen atoms in total. The lowest BCUT2D eigenvalue weighted by Gasteiger charge is -1.88. The highest BCUT2D eigenvalue weighted by Gasteiger charge is 2.05. The molecule has 0 spiro atoms. The van der Waals surface area contributed by atoms with Crippen molar-refractivity contribution in [2.75, 3.05) is 6.61 Å². The van der Waals surface area contributed by atoms with Crippen molar-refractivity contribution in [3.8, 4) is 0 Å². The molecule has 3 heteroatoms. The number of carbonyl (C=O) groups excluding carboxylic acids is 1. The fraction of sp³-hybridized carbons (Fsp3) is 0.375. The number of aliphatic hydroxyl groups is 1. The normalized spacial score (nSPS) is 10.0. The van der Waals surface area contributed by atoms with Crippen molar-refractivity contribution < 1.29 is 9.90 Å². The number of hydrogen-bond acceptors (Lipinski definition) is 3. The first-order valence-corrected chi connectivity index (χ1v) is 4.32. The second-order valence-electron chi connectivity index (χ2n) is 2.20. The molecule has 0 saturated heterocycles. The van der Waals surface area contributed by atoms with Crippen LogP contribution in [-0.4, -0.2) is 17.5 Å². The van der Waals surface area contributed by atoms with Crippen LogP contribution in [-0.2, 0) is 6.42 Å². The summed E-state index contributed by atoms with van der Waals surface area (Å²) in [5.41, 5.74) is 0. The van der Waals surface area contributed by atoms with Gasteiger partial charge in [-0.15, -0.1) is 11.3 Å². The molecule has 1 aromatic rings. The number of hydrogen-bond donors (Lipinski definition) is 1. The second-order valence-corrected chi connectivity index (χ2v) is 3.37. The fourth-order valence-electron chi connectivity index (χ4n) is 0.796. The second kappa shape index (κ2) is 3.64. The van der Waals surface area contributed by atoms with E-state index in [0.29, 0.717) is 4.88 Å². The molecule has 1 aromatic heterocycles. The Morgan fingerprint density at radius 1 is 1.64 bits per heavy atom. The Labute approximate surface area is 69.5 Å². The maximum atomic E-state index is 10.9. The number of thiophene rings is 1. The molecule has 0 aliphatic rings. The molecule has 0 saturated carbocycles. The molecule has 60 valence electrons. The average molecular weight is 170 g/mol. The van der Waals surface area contributed by atoms with Gasteiger partial charge >= 0.3 is 0 Å². The summed E-state index contributed by atoms with van der Waals surface area (Å²) >= 11 is 1.46. The predicted molar refractivity (Wildman–Crippen MR) is 45.1 cm³/mol. The van der Waals surface area contributed by atoms with Crippen molar-refractivity contribution in [2.45, 2.75) is 13.3 Å². The van der Waals surface area contributed by atoms with E-state index in [9.17, 15) is 4.79 Å². The van der Waals surface area contributed by atoms with Crippen molar-refractivity contribution in [3.05, 3.63) is 21.9 Å². The molecule has 0 aromatic carbocycles. The van der Waals surface area contributed by atoms with E-state index in [1.807, 2.05) is 13.0 Å². The van der Waals surface area contributed by atoms with E-state index in [0.717, 1.165) is 6.42 Å². The van der Waals surface area contributed by atoms with Crippen molar-refractivity contribution >= 4 is 17.1 Å². The van der Waals surface area contributed by atoms with Crippen LogP contribution in [0.25, 0.3) is 0 Å². The number of aryl methyl sites for hydroxylation is 1. The topological polar surface area (TPSA) is 37.3 Å². The summed E-state index contributed by atoms with van der Waals surface area (Å²) in [7, 11) is 0. The van der Waals surface area contributed by atoms with E-state index in [-0.39, 0.29) is 12.4 Å². The van der Waals surface area contributed by atoms with Crippen LogP contribution in [0.1, 0.15) is 21.5 Å². The van der Waals surface area contributed by atoms with Crippen LogP contribution in [0.2, 0.25) is 0 Å². The minimum Gasteiger partial charge on any atom is -0.388 e. The van der Waals surface area contributed by atoms with Gasteiger partial charge in [-0.25, -0.2) is 0 Å². The van der Waals surface area contributed by atoms with Crippen LogP contribution in [0.15, 0.2) is 12.1 Å². The Bertz CT molecular complexity index is 252. The molecule has 0 unspecified atom stereocenters. The Balaban J connectivity index is 2.80. The monoisotopic (exact) mass is 170 g/mol. The van der Waals surface area contributed by atoms with E-state index in [1.165, 1.54) is 16.2 Å². The smallest absolute Gasteiger partial charge is 0.198 e. The predicted octanol–water partition coefficient (Wildman–Crippen LogP) is 1.49. The van der Waals surface area contributed by atoms with Crippen LogP contribution in [0.5, 0.6) is 0 Å². The van der Waals surface area contributed by atoms with Gasteiger partial charge in [0.15, 0.2) is 5.78 Å². The third-order valence-electron chi connectivity index (χ3n) is 1.43. The summed E-state index contributed by atoms with van der Waals surface area (Å²) < 4.78 is 0. The first kappa shape index (κ1) is 8.43. The van der Waals surface area contributed by atoms with Crippen LogP contribution >= 0.6 is 11.3 Å². The first-order valence-electron chi connectivity index (χ1n) is 3.50. The van der Waals surface area contributed by atoms with Gasteiger partial charge in [-0.2, -0.15) is 0 Å². The number of carbonyl (C=O) groups is 1. The molecule has 1 rings (SSSR count). The Morgan fingerprint density at radius 2 is 2.36 bits per heavy atom. The maximum Gasteiger partial charge on any atom is 0.198 e. The largest absolute Gasteiger partial charge is 0.388 e. The van der Waals surface area contributed by atoms with E-state index in [2.05, 4.69) is 0 Å². The van der Waals surface area contributed by atoms with E-state index in [1.54, 1.807) is 6.07 Å².